The number of nitrogens with zero attached hydrogens (tertiary/aromatic N) is 1. The Kier molecular flexibility index (Phi) is 4.06. The molecule has 0 bridgehead atoms. The molecule has 110 valence electrons. The summed E-state index contributed by atoms with van der Waals surface area (Å²) < 4.78 is 10.9. The van der Waals surface area contributed by atoms with Crippen LogP contribution in [-0.4, -0.2) is 48.9 Å². The standard InChI is InChI=1S/C14H26N2O3/c1-13(2,3)19-12(17)16-10-14(8-11(16)9-15)4-6-18-7-5-14/h11H,4-10,15H2,1-3H3. The Morgan fingerprint density at radius 2 is 2.05 bits per heavy atom. The predicted molar refractivity (Wildman–Crippen MR) is 72.9 cm³/mol. The Labute approximate surface area is 115 Å². The summed E-state index contributed by atoms with van der Waals surface area (Å²) in [5, 5.41) is 0. The zero-order chi connectivity index (χ0) is 14.1. The van der Waals surface area contributed by atoms with Crippen LogP contribution in [0.25, 0.3) is 0 Å². The molecule has 1 spiro atoms. The molecule has 0 aromatic carbocycles. The minimum Gasteiger partial charge on any atom is -0.444 e. The number of rotatable bonds is 1. The Balaban J connectivity index is 2.05. The molecule has 1 atom stereocenters. The minimum absolute atomic E-state index is 0.105. The molecule has 0 radical (unpaired) electrons. The van der Waals surface area contributed by atoms with Crippen LogP contribution in [0.3, 0.4) is 0 Å². The number of carbonyl (C=O) groups is 1. The first-order chi connectivity index (χ1) is 8.85. The highest BCUT2D eigenvalue weighted by Crippen LogP contribution is 2.43. The van der Waals surface area contributed by atoms with Gasteiger partial charge in [-0.05, 0) is 45.4 Å². The second-order valence-corrected chi connectivity index (χ2v) is 6.81. The van der Waals surface area contributed by atoms with Crippen molar-refractivity contribution in [1.82, 2.24) is 4.90 Å². The highest BCUT2D eigenvalue weighted by molar-refractivity contribution is 5.69. The van der Waals surface area contributed by atoms with Gasteiger partial charge in [0, 0.05) is 32.3 Å². The van der Waals surface area contributed by atoms with E-state index in [0.717, 1.165) is 39.0 Å². The van der Waals surface area contributed by atoms with Crippen LogP contribution in [0.5, 0.6) is 0 Å². The zero-order valence-corrected chi connectivity index (χ0v) is 12.3. The fourth-order valence-corrected chi connectivity index (χ4v) is 3.08. The van der Waals surface area contributed by atoms with Gasteiger partial charge in [0.1, 0.15) is 5.60 Å². The van der Waals surface area contributed by atoms with Crippen LogP contribution >= 0.6 is 0 Å². The molecule has 5 nitrogen and oxygen atoms in total. The summed E-state index contributed by atoms with van der Waals surface area (Å²) >= 11 is 0. The number of hydrogen-bond acceptors (Lipinski definition) is 4. The van der Waals surface area contributed by atoms with Crippen molar-refractivity contribution in [2.24, 2.45) is 11.1 Å². The molecule has 0 aromatic rings. The first kappa shape index (κ1) is 14.6. The molecule has 2 N–H and O–H groups in total. The quantitative estimate of drug-likeness (QED) is 0.788. The summed E-state index contributed by atoms with van der Waals surface area (Å²) in [5.74, 6) is 0. The fraction of sp³-hybridized carbons (Fsp3) is 0.929. The molecule has 0 aliphatic carbocycles. The monoisotopic (exact) mass is 270 g/mol. The van der Waals surface area contributed by atoms with Gasteiger partial charge >= 0.3 is 6.09 Å². The third-order valence-electron chi connectivity index (χ3n) is 4.07. The molecule has 2 aliphatic rings. The van der Waals surface area contributed by atoms with Gasteiger partial charge in [0.05, 0.1) is 0 Å². The van der Waals surface area contributed by atoms with Crippen LogP contribution in [0.2, 0.25) is 0 Å². The maximum Gasteiger partial charge on any atom is 0.410 e. The van der Waals surface area contributed by atoms with Gasteiger partial charge in [-0.3, -0.25) is 0 Å². The molecule has 2 aliphatic heterocycles. The summed E-state index contributed by atoms with van der Waals surface area (Å²) in [4.78, 5) is 14.1. The Morgan fingerprint density at radius 1 is 1.42 bits per heavy atom. The van der Waals surface area contributed by atoms with E-state index in [-0.39, 0.29) is 17.6 Å². The van der Waals surface area contributed by atoms with Crippen molar-refractivity contribution in [1.29, 1.82) is 0 Å². The molecule has 2 saturated heterocycles. The largest absolute Gasteiger partial charge is 0.444 e. The summed E-state index contributed by atoms with van der Waals surface area (Å²) in [6, 6.07) is 0.105. The van der Waals surface area contributed by atoms with Crippen LogP contribution in [0.1, 0.15) is 40.0 Å². The molecule has 0 saturated carbocycles. The van der Waals surface area contributed by atoms with Crippen LogP contribution in [-0.2, 0) is 9.47 Å². The number of amides is 1. The average molecular weight is 270 g/mol. The topological polar surface area (TPSA) is 64.8 Å². The number of likely N-dealkylation sites (tertiary alicyclic amines) is 1. The van der Waals surface area contributed by atoms with Crippen molar-refractivity contribution in [2.75, 3.05) is 26.3 Å². The molecule has 2 heterocycles. The van der Waals surface area contributed by atoms with E-state index in [9.17, 15) is 4.79 Å². The number of hydrogen-bond donors (Lipinski definition) is 1. The van der Waals surface area contributed by atoms with Crippen molar-refractivity contribution in [3.05, 3.63) is 0 Å². The lowest BCUT2D eigenvalue weighted by atomic mass is 9.78. The first-order valence-electron chi connectivity index (χ1n) is 7.13. The molecule has 5 heteroatoms. The molecule has 0 aromatic heterocycles. The fourth-order valence-electron chi connectivity index (χ4n) is 3.08. The Bertz CT molecular complexity index is 332. The minimum atomic E-state index is -0.457. The molecule has 1 unspecified atom stereocenters. The third-order valence-corrected chi connectivity index (χ3v) is 4.07. The van der Waals surface area contributed by atoms with E-state index in [0.29, 0.717) is 6.54 Å². The van der Waals surface area contributed by atoms with E-state index in [2.05, 4.69) is 0 Å². The summed E-state index contributed by atoms with van der Waals surface area (Å²) in [7, 11) is 0. The Hall–Kier alpha value is -0.810. The van der Waals surface area contributed by atoms with E-state index < -0.39 is 5.60 Å². The van der Waals surface area contributed by atoms with Gasteiger partial charge in [-0.1, -0.05) is 0 Å². The molecule has 2 rings (SSSR count). The summed E-state index contributed by atoms with van der Waals surface area (Å²) in [6.07, 6.45) is 2.78. The van der Waals surface area contributed by atoms with Gasteiger partial charge in [0.15, 0.2) is 0 Å². The first-order valence-corrected chi connectivity index (χ1v) is 7.13. The number of nitrogens with two attached hydrogens (primary N) is 1. The van der Waals surface area contributed by atoms with E-state index in [1.54, 1.807) is 0 Å². The molecule has 19 heavy (non-hydrogen) atoms. The second kappa shape index (κ2) is 5.29. The van der Waals surface area contributed by atoms with E-state index in [1.807, 2.05) is 25.7 Å². The number of carbonyl (C=O) groups excluding carboxylic acids is 1. The molecule has 1 amide bonds. The maximum absolute atomic E-state index is 12.3. The van der Waals surface area contributed by atoms with Crippen molar-refractivity contribution in [3.63, 3.8) is 0 Å². The van der Waals surface area contributed by atoms with Crippen molar-refractivity contribution in [3.8, 4) is 0 Å². The van der Waals surface area contributed by atoms with Gasteiger partial charge < -0.3 is 20.1 Å². The van der Waals surface area contributed by atoms with Crippen molar-refractivity contribution >= 4 is 6.09 Å². The predicted octanol–water partition coefficient (Wildman–Crippen LogP) is 1.75. The van der Waals surface area contributed by atoms with E-state index in [1.165, 1.54) is 0 Å². The van der Waals surface area contributed by atoms with Crippen molar-refractivity contribution in [2.45, 2.75) is 51.7 Å². The summed E-state index contributed by atoms with van der Waals surface area (Å²) in [5.41, 5.74) is 5.57. The lowest BCUT2D eigenvalue weighted by Gasteiger charge is -2.33. The lowest BCUT2D eigenvalue weighted by Crippen LogP contribution is -2.43. The average Bonchev–Trinajstić information content (AvgIpc) is 2.67. The van der Waals surface area contributed by atoms with Gasteiger partial charge in [-0.15, -0.1) is 0 Å². The van der Waals surface area contributed by atoms with E-state index >= 15 is 0 Å². The number of ether oxygens (including phenoxy) is 2. The molecular weight excluding hydrogens is 244 g/mol. The smallest absolute Gasteiger partial charge is 0.410 e. The van der Waals surface area contributed by atoms with Crippen LogP contribution in [0, 0.1) is 5.41 Å². The maximum atomic E-state index is 12.3. The van der Waals surface area contributed by atoms with Crippen LogP contribution < -0.4 is 5.73 Å². The molecular formula is C14H26N2O3. The van der Waals surface area contributed by atoms with Crippen LogP contribution in [0.4, 0.5) is 4.79 Å². The van der Waals surface area contributed by atoms with E-state index in [4.69, 9.17) is 15.2 Å². The van der Waals surface area contributed by atoms with Crippen molar-refractivity contribution < 1.29 is 14.3 Å². The normalized spacial score (nSPS) is 26.7. The SMILES string of the molecule is CC(C)(C)OC(=O)N1CC2(CCOCC2)CC1CN. The second-order valence-electron chi connectivity index (χ2n) is 6.81. The van der Waals surface area contributed by atoms with Crippen LogP contribution in [0.15, 0.2) is 0 Å². The van der Waals surface area contributed by atoms with Gasteiger partial charge in [0.2, 0.25) is 0 Å². The van der Waals surface area contributed by atoms with Gasteiger partial charge in [-0.25, -0.2) is 4.79 Å². The third kappa shape index (κ3) is 3.39. The highest BCUT2D eigenvalue weighted by Gasteiger charge is 2.46. The lowest BCUT2D eigenvalue weighted by molar-refractivity contribution is 0.00728. The van der Waals surface area contributed by atoms with Gasteiger partial charge in [0.25, 0.3) is 0 Å². The summed E-state index contributed by atoms with van der Waals surface area (Å²) in [6.45, 7) is 8.52. The van der Waals surface area contributed by atoms with Gasteiger partial charge in [-0.2, -0.15) is 0 Å². The highest BCUT2D eigenvalue weighted by atomic mass is 16.6. The Morgan fingerprint density at radius 3 is 2.58 bits per heavy atom. The molecule has 2 fully saturated rings. The zero-order valence-electron chi connectivity index (χ0n) is 12.3.